The normalized spacial score (nSPS) is 20.6. The fourth-order valence-electron chi connectivity index (χ4n) is 2.26. The number of likely N-dealkylation sites (N-methyl/N-ethyl adjacent to an activating group) is 1. The smallest absolute Gasteiger partial charge is 0.253 e. The summed E-state index contributed by atoms with van der Waals surface area (Å²) in [6, 6.07) is 6.99. The van der Waals surface area contributed by atoms with Crippen LogP contribution in [0.5, 0.6) is 0 Å². The first kappa shape index (κ1) is 14.0. The molecule has 1 fully saturated rings. The summed E-state index contributed by atoms with van der Waals surface area (Å²) in [5.74, 6) is -0.0176. The van der Waals surface area contributed by atoms with E-state index in [0.29, 0.717) is 18.7 Å². The minimum absolute atomic E-state index is 0.00872. The van der Waals surface area contributed by atoms with E-state index < -0.39 is 0 Å². The minimum atomic E-state index is -0.0183. The van der Waals surface area contributed by atoms with E-state index in [9.17, 15) is 9.90 Å². The van der Waals surface area contributed by atoms with Gasteiger partial charge in [0.2, 0.25) is 0 Å². The second-order valence-corrected chi connectivity index (χ2v) is 4.92. The van der Waals surface area contributed by atoms with Crippen LogP contribution in [0.3, 0.4) is 0 Å². The van der Waals surface area contributed by atoms with Gasteiger partial charge in [0.15, 0.2) is 0 Å². The Morgan fingerprint density at radius 1 is 1.26 bits per heavy atom. The predicted molar refractivity (Wildman–Crippen MR) is 71.8 cm³/mol. The molecule has 0 radical (unpaired) electrons. The monoisotopic (exact) mass is 264 g/mol. The van der Waals surface area contributed by atoms with E-state index >= 15 is 0 Å². The molecule has 0 bridgehead atoms. The van der Waals surface area contributed by atoms with Crippen molar-refractivity contribution >= 4 is 5.91 Å². The molecule has 5 nitrogen and oxygen atoms in total. The Kier molecular flexibility index (Phi) is 4.52. The Morgan fingerprint density at radius 2 is 1.95 bits per heavy atom. The van der Waals surface area contributed by atoms with Crippen LogP contribution in [0.25, 0.3) is 0 Å². The Labute approximate surface area is 113 Å². The van der Waals surface area contributed by atoms with Crippen molar-refractivity contribution < 1.29 is 15.0 Å². The first-order valence-electron chi connectivity index (χ1n) is 6.46. The van der Waals surface area contributed by atoms with Gasteiger partial charge in [0, 0.05) is 25.2 Å². The summed E-state index contributed by atoms with van der Waals surface area (Å²) in [5.41, 5.74) is 1.42. The van der Waals surface area contributed by atoms with Crippen molar-refractivity contribution in [3.05, 3.63) is 35.4 Å². The number of hydrogen-bond acceptors (Lipinski definition) is 4. The highest BCUT2D eigenvalue weighted by Crippen LogP contribution is 2.13. The number of hydrogen-bond donors (Lipinski definition) is 2. The van der Waals surface area contributed by atoms with Gasteiger partial charge in [-0.2, -0.15) is 0 Å². The van der Waals surface area contributed by atoms with Gasteiger partial charge in [-0.1, -0.05) is 12.1 Å². The van der Waals surface area contributed by atoms with Crippen molar-refractivity contribution in [1.82, 2.24) is 9.80 Å². The van der Waals surface area contributed by atoms with E-state index in [0.717, 1.165) is 12.1 Å². The third-order valence-electron chi connectivity index (χ3n) is 3.66. The standard InChI is InChI=1S/C14H20N2O3/c1-15-6-7-16(8-13(15)10-18)14(19)12-4-2-11(9-17)3-5-12/h2-5,13,17-18H,6-10H2,1H3. The van der Waals surface area contributed by atoms with Crippen molar-refractivity contribution in [2.45, 2.75) is 12.6 Å². The van der Waals surface area contributed by atoms with Crippen molar-refractivity contribution in [1.29, 1.82) is 0 Å². The second kappa shape index (κ2) is 6.14. The Balaban J connectivity index is 2.06. The first-order valence-corrected chi connectivity index (χ1v) is 6.46. The average molecular weight is 264 g/mol. The molecule has 5 heteroatoms. The number of benzene rings is 1. The molecule has 1 aromatic rings. The van der Waals surface area contributed by atoms with Crippen molar-refractivity contribution in [3.63, 3.8) is 0 Å². The maximum Gasteiger partial charge on any atom is 0.253 e. The summed E-state index contributed by atoms with van der Waals surface area (Å²) in [4.78, 5) is 16.2. The Bertz CT molecular complexity index is 433. The first-order chi connectivity index (χ1) is 9.15. The SMILES string of the molecule is CN1CCN(C(=O)c2ccc(CO)cc2)CC1CO. The Morgan fingerprint density at radius 3 is 2.53 bits per heavy atom. The second-order valence-electron chi connectivity index (χ2n) is 4.92. The largest absolute Gasteiger partial charge is 0.395 e. The lowest BCUT2D eigenvalue weighted by molar-refractivity contribution is 0.0421. The molecule has 1 saturated heterocycles. The molecule has 0 aromatic heterocycles. The van der Waals surface area contributed by atoms with Crippen molar-refractivity contribution in [2.24, 2.45) is 0 Å². The molecule has 2 rings (SSSR count). The summed E-state index contributed by atoms with van der Waals surface area (Å²) in [5, 5.41) is 18.3. The van der Waals surface area contributed by atoms with Gasteiger partial charge in [0.1, 0.15) is 0 Å². The summed E-state index contributed by atoms with van der Waals surface area (Å²) in [6.45, 7) is 2.03. The molecule has 0 spiro atoms. The number of aliphatic hydroxyl groups excluding tert-OH is 2. The fourth-order valence-corrected chi connectivity index (χ4v) is 2.26. The maximum absolute atomic E-state index is 12.3. The number of amides is 1. The van der Waals surface area contributed by atoms with Crippen molar-refractivity contribution in [3.8, 4) is 0 Å². The quantitative estimate of drug-likeness (QED) is 0.802. The van der Waals surface area contributed by atoms with Crippen LogP contribution < -0.4 is 0 Å². The van der Waals surface area contributed by atoms with Crippen LogP contribution in [-0.4, -0.2) is 65.3 Å². The molecule has 1 heterocycles. The highest BCUT2D eigenvalue weighted by atomic mass is 16.3. The summed E-state index contributed by atoms with van der Waals surface area (Å²) in [6.07, 6.45) is 0. The van der Waals surface area contributed by atoms with E-state index in [4.69, 9.17) is 5.11 Å². The molecule has 1 unspecified atom stereocenters. The zero-order valence-corrected chi connectivity index (χ0v) is 11.1. The lowest BCUT2D eigenvalue weighted by Gasteiger charge is -2.38. The van der Waals surface area contributed by atoms with Gasteiger partial charge in [-0.05, 0) is 24.7 Å². The van der Waals surface area contributed by atoms with Gasteiger partial charge in [-0.3, -0.25) is 9.69 Å². The third-order valence-corrected chi connectivity index (χ3v) is 3.66. The molecule has 1 aliphatic heterocycles. The van der Waals surface area contributed by atoms with Crippen LogP contribution >= 0.6 is 0 Å². The number of aliphatic hydroxyl groups is 2. The third kappa shape index (κ3) is 3.12. The van der Waals surface area contributed by atoms with Crippen LogP contribution in [0.15, 0.2) is 24.3 Å². The summed E-state index contributed by atoms with van der Waals surface area (Å²) >= 11 is 0. The van der Waals surface area contributed by atoms with E-state index in [1.807, 2.05) is 7.05 Å². The molecule has 1 atom stereocenters. The van der Waals surface area contributed by atoms with Gasteiger partial charge >= 0.3 is 0 Å². The molecule has 0 aliphatic carbocycles. The van der Waals surface area contributed by atoms with Crippen LogP contribution in [0.4, 0.5) is 0 Å². The van der Waals surface area contributed by atoms with Crippen LogP contribution in [0, 0.1) is 0 Å². The predicted octanol–water partition coefficient (Wildman–Crippen LogP) is -0.0726. The van der Waals surface area contributed by atoms with Crippen LogP contribution in [0.1, 0.15) is 15.9 Å². The Hall–Kier alpha value is -1.43. The average Bonchev–Trinajstić information content (AvgIpc) is 2.47. The molecule has 1 aromatic carbocycles. The highest BCUT2D eigenvalue weighted by molar-refractivity contribution is 5.94. The summed E-state index contributed by atoms with van der Waals surface area (Å²) in [7, 11) is 1.96. The van der Waals surface area contributed by atoms with E-state index in [-0.39, 0.29) is 25.2 Å². The zero-order chi connectivity index (χ0) is 13.8. The van der Waals surface area contributed by atoms with E-state index in [2.05, 4.69) is 4.90 Å². The molecular formula is C14H20N2O3. The number of carbonyl (C=O) groups excluding carboxylic acids is 1. The molecule has 0 saturated carbocycles. The van der Waals surface area contributed by atoms with E-state index in [1.165, 1.54) is 0 Å². The number of carbonyl (C=O) groups is 1. The van der Waals surface area contributed by atoms with Crippen molar-refractivity contribution in [2.75, 3.05) is 33.3 Å². The number of nitrogens with zero attached hydrogens (tertiary/aromatic N) is 2. The summed E-state index contributed by atoms with van der Waals surface area (Å²) < 4.78 is 0. The number of piperazine rings is 1. The molecular weight excluding hydrogens is 244 g/mol. The lowest BCUT2D eigenvalue weighted by Crippen LogP contribution is -2.54. The van der Waals surface area contributed by atoms with Gasteiger partial charge in [-0.15, -0.1) is 0 Å². The minimum Gasteiger partial charge on any atom is -0.395 e. The van der Waals surface area contributed by atoms with Gasteiger partial charge in [-0.25, -0.2) is 0 Å². The molecule has 1 amide bonds. The molecule has 2 N–H and O–H groups in total. The lowest BCUT2D eigenvalue weighted by atomic mass is 10.1. The maximum atomic E-state index is 12.3. The zero-order valence-electron chi connectivity index (χ0n) is 11.1. The molecule has 19 heavy (non-hydrogen) atoms. The van der Waals surface area contributed by atoms with Crippen LogP contribution in [-0.2, 0) is 6.61 Å². The topological polar surface area (TPSA) is 64.0 Å². The van der Waals surface area contributed by atoms with Crippen LogP contribution in [0.2, 0.25) is 0 Å². The highest BCUT2D eigenvalue weighted by Gasteiger charge is 2.27. The fraction of sp³-hybridized carbons (Fsp3) is 0.500. The van der Waals surface area contributed by atoms with Gasteiger partial charge < -0.3 is 15.1 Å². The number of rotatable bonds is 3. The van der Waals surface area contributed by atoms with Gasteiger partial charge in [0.25, 0.3) is 5.91 Å². The molecule has 104 valence electrons. The van der Waals surface area contributed by atoms with Gasteiger partial charge in [0.05, 0.1) is 19.3 Å². The van der Waals surface area contributed by atoms with E-state index in [1.54, 1.807) is 29.2 Å². The molecule has 1 aliphatic rings.